The first-order valence-electron chi connectivity index (χ1n) is 3.96. The highest BCUT2D eigenvalue weighted by atomic mass is 16.3. The summed E-state index contributed by atoms with van der Waals surface area (Å²) in [7, 11) is 0. The molecule has 2 fully saturated rings. The zero-order valence-electron chi connectivity index (χ0n) is 6.46. The fourth-order valence-corrected chi connectivity index (χ4v) is 1.70. The molecule has 2 aliphatic rings. The monoisotopic (exact) mass is 158 g/mol. The van der Waals surface area contributed by atoms with Gasteiger partial charge in [-0.15, -0.1) is 0 Å². The van der Waals surface area contributed by atoms with E-state index in [0.717, 1.165) is 6.54 Å². The summed E-state index contributed by atoms with van der Waals surface area (Å²) in [6.07, 6.45) is -0.265. The van der Waals surface area contributed by atoms with Crippen LogP contribution in [-0.4, -0.2) is 36.1 Å². The van der Waals surface area contributed by atoms with Gasteiger partial charge in [-0.25, -0.2) is 5.43 Å². The van der Waals surface area contributed by atoms with Gasteiger partial charge < -0.3 is 5.11 Å². The van der Waals surface area contributed by atoms with E-state index < -0.39 is 6.23 Å². The van der Waals surface area contributed by atoms with Crippen LogP contribution in [0.2, 0.25) is 0 Å². The predicted octanol–water partition coefficient (Wildman–Crippen LogP) is -2.31. The molecule has 0 aliphatic carbocycles. The molecule has 0 saturated carbocycles. The molecular weight excluding hydrogens is 144 g/mol. The molecule has 0 radical (unpaired) electrons. The van der Waals surface area contributed by atoms with E-state index in [4.69, 9.17) is 0 Å². The fraction of sp³-hybridized carbons (Fsp3) is 1.00. The van der Waals surface area contributed by atoms with Crippen molar-refractivity contribution in [2.45, 2.75) is 31.4 Å². The van der Waals surface area contributed by atoms with E-state index in [1.54, 1.807) is 0 Å². The van der Waals surface area contributed by atoms with E-state index >= 15 is 0 Å². The average Bonchev–Trinajstić information content (AvgIpc) is 2.34. The van der Waals surface area contributed by atoms with Crippen molar-refractivity contribution < 1.29 is 5.11 Å². The topological polar surface area (TPSA) is 68.3 Å². The molecule has 64 valence electrons. The molecular formula is C6H14N4O. The second-order valence-corrected chi connectivity index (χ2v) is 3.16. The average molecular weight is 158 g/mol. The number of hydrogen-bond acceptors (Lipinski definition) is 5. The summed E-state index contributed by atoms with van der Waals surface area (Å²) < 4.78 is 0. The predicted molar refractivity (Wildman–Crippen MR) is 40.5 cm³/mol. The Morgan fingerprint density at radius 1 is 1.36 bits per heavy atom. The number of aliphatic hydroxyl groups is 1. The molecule has 0 bridgehead atoms. The van der Waals surface area contributed by atoms with Crippen molar-refractivity contribution >= 4 is 0 Å². The van der Waals surface area contributed by atoms with Crippen LogP contribution in [0.5, 0.6) is 0 Å². The Bertz CT molecular complexity index is 154. The van der Waals surface area contributed by atoms with Crippen molar-refractivity contribution in [1.82, 2.24) is 21.5 Å². The van der Waals surface area contributed by atoms with Crippen LogP contribution in [0.15, 0.2) is 0 Å². The van der Waals surface area contributed by atoms with Crippen molar-refractivity contribution in [2.24, 2.45) is 0 Å². The first-order chi connectivity index (χ1) is 5.27. The van der Waals surface area contributed by atoms with Crippen molar-refractivity contribution in [2.75, 3.05) is 6.54 Å². The van der Waals surface area contributed by atoms with Crippen LogP contribution in [0.1, 0.15) is 6.92 Å². The van der Waals surface area contributed by atoms with Crippen molar-refractivity contribution in [1.29, 1.82) is 0 Å². The standard InChI is InChI=1S/C6H14N4O/c1-3-8-4-2-7-10-5(4)6(11)9-3/h3-11H,2H2,1H3. The molecule has 11 heavy (non-hydrogen) atoms. The Balaban J connectivity index is 2.04. The Kier molecular flexibility index (Phi) is 1.82. The highest BCUT2D eigenvalue weighted by molar-refractivity contribution is 4.96. The maximum Gasteiger partial charge on any atom is 0.124 e. The second kappa shape index (κ2) is 2.69. The zero-order valence-corrected chi connectivity index (χ0v) is 6.46. The first-order valence-corrected chi connectivity index (χ1v) is 3.96. The largest absolute Gasteiger partial charge is 0.377 e. The molecule has 0 aromatic heterocycles. The number of hydrogen-bond donors (Lipinski definition) is 5. The van der Waals surface area contributed by atoms with Gasteiger partial charge in [-0.3, -0.25) is 16.1 Å². The van der Waals surface area contributed by atoms with Gasteiger partial charge in [-0.1, -0.05) is 0 Å². The lowest BCUT2D eigenvalue weighted by Crippen LogP contribution is -2.66. The Morgan fingerprint density at radius 2 is 2.18 bits per heavy atom. The summed E-state index contributed by atoms with van der Waals surface area (Å²) in [5.41, 5.74) is 6.01. The molecule has 4 atom stereocenters. The lowest BCUT2D eigenvalue weighted by atomic mass is 10.1. The van der Waals surface area contributed by atoms with Gasteiger partial charge in [-0.2, -0.15) is 0 Å². The van der Waals surface area contributed by atoms with E-state index in [-0.39, 0.29) is 12.2 Å². The van der Waals surface area contributed by atoms with Crippen LogP contribution >= 0.6 is 0 Å². The van der Waals surface area contributed by atoms with Gasteiger partial charge in [0, 0.05) is 12.6 Å². The highest BCUT2D eigenvalue weighted by Crippen LogP contribution is 2.07. The quantitative estimate of drug-likeness (QED) is 0.274. The molecule has 0 spiro atoms. The van der Waals surface area contributed by atoms with E-state index in [0.29, 0.717) is 6.04 Å². The molecule has 5 N–H and O–H groups in total. The number of aliphatic hydroxyl groups excluding tert-OH is 1. The third-order valence-corrected chi connectivity index (χ3v) is 2.25. The van der Waals surface area contributed by atoms with Gasteiger partial charge in [-0.05, 0) is 6.92 Å². The number of nitrogens with one attached hydrogen (secondary N) is 4. The minimum Gasteiger partial charge on any atom is -0.377 e. The molecule has 5 nitrogen and oxygen atoms in total. The fourth-order valence-electron chi connectivity index (χ4n) is 1.70. The summed E-state index contributed by atoms with van der Waals surface area (Å²) in [5.74, 6) is 0. The second-order valence-electron chi connectivity index (χ2n) is 3.16. The van der Waals surface area contributed by atoms with Gasteiger partial charge in [0.05, 0.1) is 12.2 Å². The van der Waals surface area contributed by atoms with Crippen LogP contribution in [0.4, 0.5) is 0 Å². The summed E-state index contributed by atoms with van der Waals surface area (Å²) in [4.78, 5) is 0. The van der Waals surface area contributed by atoms with E-state index in [9.17, 15) is 5.11 Å². The molecule has 2 rings (SSSR count). The van der Waals surface area contributed by atoms with Crippen LogP contribution in [0, 0.1) is 0 Å². The lowest BCUT2D eigenvalue weighted by molar-refractivity contribution is 0.0445. The third kappa shape index (κ3) is 1.25. The summed E-state index contributed by atoms with van der Waals surface area (Å²) >= 11 is 0. The molecule has 2 saturated heterocycles. The first kappa shape index (κ1) is 7.45. The molecule has 0 aromatic rings. The molecule has 2 aliphatic heterocycles. The van der Waals surface area contributed by atoms with E-state index in [1.165, 1.54) is 0 Å². The number of rotatable bonds is 0. The third-order valence-electron chi connectivity index (χ3n) is 2.25. The Hall–Kier alpha value is -0.200. The number of fused-ring (bicyclic) bond motifs is 1. The van der Waals surface area contributed by atoms with Crippen molar-refractivity contribution in [3.8, 4) is 0 Å². The van der Waals surface area contributed by atoms with Gasteiger partial charge in [0.2, 0.25) is 0 Å². The summed E-state index contributed by atoms with van der Waals surface area (Å²) in [6.45, 7) is 2.87. The number of hydrazine groups is 1. The van der Waals surface area contributed by atoms with Crippen molar-refractivity contribution in [3.63, 3.8) is 0 Å². The minimum atomic E-state index is -0.453. The minimum absolute atomic E-state index is 0.0891. The van der Waals surface area contributed by atoms with Crippen molar-refractivity contribution in [3.05, 3.63) is 0 Å². The van der Waals surface area contributed by atoms with Gasteiger partial charge in [0.1, 0.15) is 6.23 Å². The maximum absolute atomic E-state index is 9.50. The normalized spacial score (nSPS) is 50.7. The summed E-state index contributed by atoms with van der Waals surface area (Å²) in [6, 6.07) is 0.424. The van der Waals surface area contributed by atoms with Crippen LogP contribution in [-0.2, 0) is 0 Å². The Morgan fingerprint density at radius 3 is 3.00 bits per heavy atom. The van der Waals surface area contributed by atoms with Crippen LogP contribution < -0.4 is 21.5 Å². The Labute approximate surface area is 65.5 Å². The highest BCUT2D eigenvalue weighted by Gasteiger charge is 2.37. The van der Waals surface area contributed by atoms with Gasteiger partial charge in [0.15, 0.2) is 0 Å². The van der Waals surface area contributed by atoms with E-state index in [2.05, 4.69) is 21.5 Å². The molecule has 5 heteroatoms. The SMILES string of the molecule is CC1NC(O)C2NNCC2N1. The molecule has 0 amide bonds. The maximum atomic E-state index is 9.50. The summed E-state index contributed by atoms with van der Waals surface area (Å²) in [5, 5.41) is 15.8. The molecule has 2 heterocycles. The van der Waals surface area contributed by atoms with Crippen LogP contribution in [0.3, 0.4) is 0 Å². The smallest absolute Gasteiger partial charge is 0.124 e. The molecule has 0 aromatic carbocycles. The lowest BCUT2D eigenvalue weighted by Gasteiger charge is -2.35. The zero-order chi connectivity index (χ0) is 7.84. The molecule has 4 unspecified atom stereocenters. The van der Waals surface area contributed by atoms with Gasteiger partial charge in [0.25, 0.3) is 0 Å². The van der Waals surface area contributed by atoms with Crippen LogP contribution in [0.25, 0.3) is 0 Å². The van der Waals surface area contributed by atoms with E-state index in [1.807, 2.05) is 6.92 Å². The van der Waals surface area contributed by atoms with Gasteiger partial charge >= 0.3 is 0 Å².